The number of aromatic nitrogens is 4. The molecule has 0 fully saturated rings. The molecule has 0 saturated heterocycles. The molecular weight excluding hydrogens is 591 g/mol. The number of aryl methyl sites for hydroxylation is 1. The van der Waals surface area contributed by atoms with Crippen LogP contribution in [-0.2, 0) is 0 Å². The summed E-state index contributed by atoms with van der Waals surface area (Å²) >= 11 is 1.34. The molecule has 0 aliphatic rings. The predicted octanol–water partition coefficient (Wildman–Crippen LogP) is 4.82. The number of carbonyl (C=O) groups excluding carboxylic acids is 1. The summed E-state index contributed by atoms with van der Waals surface area (Å²) in [6.45, 7) is 4.95. The van der Waals surface area contributed by atoms with Gasteiger partial charge in [-0.2, -0.15) is 0 Å². The second kappa shape index (κ2) is 12.7. The van der Waals surface area contributed by atoms with Crippen molar-refractivity contribution in [2.24, 2.45) is 0 Å². The number of carboxylic acid groups (broad SMARTS) is 1. The minimum absolute atomic E-state index is 0.0213. The Morgan fingerprint density at radius 1 is 1.11 bits per heavy atom. The molecule has 0 spiro atoms. The SMILES string of the molecule is COc1cnc2c(-c3nc4cc(F)c(OC(C)C(C)N(C(=O)O)c5ccnc(C(=O)NCCO)c5)cc4s3)cc(C)cc2n1. The lowest BCUT2D eigenvalue weighted by Gasteiger charge is -2.31. The lowest BCUT2D eigenvalue weighted by molar-refractivity contribution is 0.0939. The standard InChI is InChI=1S/C30H29FN6O6S/c1-15-9-19(27-22(10-15)35-26(42-4)14-34-27)29-36-21-12-20(31)24(13-25(21)44-29)43-17(3)16(2)37(30(40)41)18-5-6-32-23(11-18)28(39)33-7-8-38/h5-6,9-14,16-17,38H,7-8H2,1-4H3,(H,33,39)(H,40,41). The van der Waals surface area contributed by atoms with Crippen LogP contribution in [0, 0.1) is 12.7 Å². The Kier molecular flexibility index (Phi) is 8.83. The van der Waals surface area contributed by atoms with E-state index in [1.165, 1.54) is 49.0 Å². The maximum atomic E-state index is 15.3. The van der Waals surface area contributed by atoms with E-state index in [-0.39, 0.29) is 30.3 Å². The Labute approximate surface area is 255 Å². The molecule has 3 N–H and O–H groups in total. The molecule has 44 heavy (non-hydrogen) atoms. The average molecular weight is 621 g/mol. The van der Waals surface area contributed by atoms with Crippen molar-refractivity contribution in [1.82, 2.24) is 25.3 Å². The van der Waals surface area contributed by atoms with Gasteiger partial charge in [0.1, 0.15) is 16.8 Å². The minimum Gasteiger partial charge on any atom is -0.485 e. The average Bonchev–Trinajstić information content (AvgIpc) is 3.41. The van der Waals surface area contributed by atoms with Gasteiger partial charge in [-0.3, -0.25) is 14.7 Å². The molecule has 0 aliphatic heterocycles. The first-order chi connectivity index (χ1) is 21.1. The second-order valence-corrected chi connectivity index (χ2v) is 11.0. The normalized spacial score (nSPS) is 12.6. The van der Waals surface area contributed by atoms with E-state index >= 15 is 4.39 Å². The molecule has 0 saturated carbocycles. The molecule has 0 aliphatic carbocycles. The molecule has 2 aromatic carbocycles. The Morgan fingerprint density at radius 3 is 2.64 bits per heavy atom. The van der Waals surface area contributed by atoms with E-state index in [9.17, 15) is 14.7 Å². The number of amides is 2. The van der Waals surface area contributed by atoms with Gasteiger partial charge < -0.3 is 25.0 Å². The number of ether oxygens (including phenoxy) is 2. The summed E-state index contributed by atoms with van der Waals surface area (Å²) in [4.78, 5) is 43.3. The third-order valence-electron chi connectivity index (χ3n) is 6.91. The van der Waals surface area contributed by atoms with Crippen molar-refractivity contribution < 1.29 is 33.7 Å². The van der Waals surface area contributed by atoms with Crippen LogP contribution in [0.1, 0.15) is 29.9 Å². The summed E-state index contributed by atoms with van der Waals surface area (Å²) in [5, 5.41) is 22.1. The van der Waals surface area contributed by atoms with E-state index in [0.717, 1.165) is 16.0 Å². The second-order valence-electron chi connectivity index (χ2n) is 9.96. The number of aliphatic hydroxyl groups is 1. The number of benzene rings is 2. The van der Waals surface area contributed by atoms with Crippen molar-refractivity contribution >= 4 is 50.3 Å². The smallest absolute Gasteiger partial charge is 0.412 e. The fourth-order valence-electron chi connectivity index (χ4n) is 4.63. The zero-order valence-electron chi connectivity index (χ0n) is 24.2. The van der Waals surface area contributed by atoms with E-state index in [0.29, 0.717) is 32.1 Å². The molecule has 3 aromatic heterocycles. The number of carbonyl (C=O) groups is 2. The van der Waals surface area contributed by atoms with E-state index in [1.807, 2.05) is 19.1 Å². The molecule has 3 heterocycles. The number of nitrogens with zero attached hydrogens (tertiary/aromatic N) is 5. The van der Waals surface area contributed by atoms with Gasteiger partial charge in [0, 0.05) is 30.4 Å². The number of methoxy groups -OCH3 is 1. The van der Waals surface area contributed by atoms with Crippen molar-refractivity contribution in [3.63, 3.8) is 0 Å². The van der Waals surface area contributed by atoms with Gasteiger partial charge in [-0.25, -0.2) is 24.1 Å². The number of pyridine rings is 1. The summed E-state index contributed by atoms with van der Waals surface area (Å²) < 4.78 is 27.1. The van der Waals surface area contributed by atoms with Gasteiger partial charge in [-0.05, 0) is 50.6 Å². The fraction of sp³-hybridized carbons (Fsp3) is 0.267. The molecule has 12 nitrogen and oxygen atoms in total. The third kappa shape index (κ3) is 6.21. The van der Waals surface area contributed by atoms with Gasteiger partial charge in [0.05, 0.1) is 52.9 Å². The third-order valence-corrected chi connectivity index (χ3v) is 7.96. The quantitative estimate of drug-likeness (QED) is 0.198. The van der Waals surface area contributed by atoms with Crippen LogP contribution in [0.5, 0.6) is 11.6 Å². The number of fused-ring (bicyclic) bond motifs is 2. The molecule has 0 radical (unpaired) electrons. The van der Waals surface area contributed by atoms with Gasteiger partial charge in [-0.1, -0.05) is 0 Å². The van der Waals surface area contributed by atoms with Crippen LogP contribution in [0.15, 0.2) is 48.8 Å². The lowest BCUT2D eigenvalue weighted by atomic mass is 10.1. The predicted molar refractivity (Wildman–Crippen MR) is 163 cm³/mol. The summed E-state index contributed by atoms with van der Waals surface area (Å²) in [7, 11) is 1.52. The number of hydrogen-bond donors (Lipinski definition) is 3. The zero-order chi connectivity index (χ0) is 31.5. The molecule has 14 heteroatoms. The molecule has 228 valence electrons. The Hall–Kier alpha value is -4.95. The number of hydrogen-bond acceptors (Lipinski definition) is 10. The Balaban J connectivity index is 1.42. The largest absolute Gasteiger partial charge is 0.485 e. The van der Waals surface area contributed by atoms with Crippen LogP contribution in [0.25, 0.3) is 31.8 Å². The van der Waals surface area contributed by atoms with E-state index < -0.39 is 30.0 Å². The summed E-state index contributed by atoms with van der Waals surface area (Å²) in [6, 6.07) is 8.64. The first kappa shape index (κ1) is 30.5. The highest BCUT2D eigenvalue weighted by Crippen LogP contribution is 2.37. The highest BCUT2D eigenvalue weighted by atomic mass is 32.1. The van der Waals surface area contributed by atoms with Crippen molar-refractivity contribution in [1.29, 1.82) is 0 Å². The molecular formula is C30H29FN6O6S. The van der Waals surface area contributed by atoms with Crippen LogP contribution in [0.3, 0.4) is 0 Å². The zero-order valence-corrected chi connectivity index (χ0v) is 25.1. The number of aliphatic hydroxyl groups excluding tert-OH is 1. The molecule has 5 aromatic rings. The minimum atomic E-state index is -1.30. The van der Waals surface area contributed by atoms with E-state index in [1.54, 1.807) is 19.9 Å². The van der Waals surface area contributed by atoms with Gasteiger partial charge in [0.25, 0.3) is 5.91 Å². The van der Waals surface area contributed by atoms with Crippen molar-refractivity contribution in [3.05, 3.63) is 65.9 Å². The number of anilines is 1. The van der Waals surface area contributed by atoms with Crippen molar-refractivity contribution in [2.45, 2.75) is 32.9 Å². The fourth-order valence-corrected chi connectivity index (χ4v) is 5.62. The van der Waals surface area contributed by atoms with Gasteiger partial charge in [0.2, 0.25) is 5.88 Å². The van der Waals surface area contributed by atoms with Crippen LogP contribution in [-0.4, -0.2) is 74.6 Å². The van der Waals surface area contributed by atoms with Crippen molar-refractivity contribution in [2.75, 3.05) is 25.2 Å². The van der Waals surface area contributed by atoms with Crippen LogP contribution in [0.2, 0.25) is 0 Å². The molecule has 5 rings (SSSR count). The maximum absolute atomic E-state index is 15.3. The monoisotopic (exact) mass is 620 g/mol. The van der Waals surface area contributed by atoms with Gasteiger partial charge >= 0.3 is 6.09 Å². The molecule has 2 unspecified atom stereocenters. The lowest BCUT2D eigenvalue weighted by Crippen LogP contribution is -2.46. The number of thiazole rings is 1. The summed E-state index contributed by atoms with van der Waals surface area (Å²) in [6.07, 6.45) is 0.736. The van der Waals surface area contributed by atoms with Gasteiger partial charge in [-0.15, -0.1) is 11.3 Å². The summed E-state index contributed by atoms with van der Waals surface area (Å²) in [5.41, 5.74) is 3.57. The first-order valence-corrected chi connectivity index (χ1v) is 14.4. The topological polar surface area (TPSA) is 160 Å². The van der Waals surface area contributed by atoms with Crippen LogP contribution < -0.4 is 19.7 Å². The summed E-state index contributed by atoms with van der Waals surface area (Å²) in [5.74, 6) is -0.886. The maximum Gasteiger partial charge on any atom is 0.412 e. The molecule has 2 amide bonds. The van der Waals surface area contributed by atoms with Gasteiger partial charge in [0.15, 0.2) is 11.6 Å². The Morgan fingerprint density at radius 2 is 1.91 bits per heavy atom. The highest BCUT2D eigenvalue weighted by molar-refractivity contribution is 7.21. The number of halogens is 1. The van der Waals surface area contributed by atoms with Crippen LogP contribution in [0.4, 0.5) is 14.9 Å². The van der Waals surface area contributed by atoms with E-state index in [4.69, 9.17) is 14.6 Å². The van der Waals surface area contributed by atoms with E-state index in [2.05, 4.69) is 25.3 Å². The Bertz CT molecular complexity index is 1870. The van der Waals surface area contributed by atoms with Crippen LogP contribution >= 0.6 is 11.3 Å². The number of rotatable bonds is 10. The molecule has 0 bridgehead atoms. The highest BCUT2D eigenvalue weighted by Gasteiger charge is 2.29. The van der Waals surface area contributed by atoms with Crippen molar-refractivity contribution in [3.8, 4) is 22.2 Å². The number of nitrogens with one attached hydrogen (secondary N) is 1. The molecule has 2 atom stereocenters. The first-order valence-electron chi connectivity index (χ1n) is 13.5.